The van der Waals surface area contributed by atoms with Crippen molar-refractivity contribution in [3.05, 3.63) is 81.9 Å². The van der Waals surface area contributed by atoms with Crippen molar-refractivity contribution < 1.29 is 27.6 Å². The molecule has 188 valence electrons. The number of nitrogens with one attached hydrogen (secondary N) is 2. The zero-order chi connectivity index (χ0) is 26.1. The first kappa shape index (κ1) is 25.5. The van der Waals surface area contributed by atoms with Crippen molar-refractivity contribution >= 4 is 39.9 Å². The van der Waals surface area contributed by atoms with Crippen molar-refractivity contribution in [2.24, 2.45) is 5.16 Å². The molecule has 1 heterocycles. The van der Waals surface area contributed by atoms with Crippen LogP contribution < -0.4 is 10.6 Å². The summed E-state index contributed by atoms with van der Waals surface area (Å²) in [5, 5.41) is 10.7. The topological polar surface area (TPSA) is 79.8 Å². The molecule has 2 amide bonds. The van der Waals surface area contributed by atoms with E-state index in [4.69, 9.17) is 16.4 Å². The maximum Gasteiger partial charge on any atom is 0.416 e. The average molecular weight is 518 g/mol. The fourth-order valence-corrected chi connectivity index (χ4v) is 4.40. The lowest BCUT2D eigenvalue weighted by Gasteiger charge is -2.23. The Morgan fingerprint density at radius 2 is 1.81 bits per heavy atom. The first-order valence-electron chi connectivity index (χ1n) is 11.2. The standard InChI is InChI=1S/C26H23ClF3N3O3/c1-3-31-23(34)14-32-24(35)21-9-8-20(18-6-4-5-7-19(18)21)22-13-25(2,36-33-22)15-10-16(26(28,29)30)12-17(27)11-15/h4-12H,3,13-14H2,1-2H3,(H,31,34)(H,32,35)/t25-/m1/s1. The molecular formula is C26H23ClF3N3O3. The zero-order valence-electron chi connectivity index (χ0n) is 19.5. The Morgan fingerprint density at radius 3 is 2.50 bits per heavy atom. The highest BCUT2D eigenvalue weighted by Gasteiger charge is 2.40. The Bertz CT molecular complexity index is 1370. The Labute approximate surface area is 210 Å². The van der Waals surface area contributed by atoms with Gasteiger partial charge in [-0.3, -0.25) is 9.59 Å². The summed E-state index contributed by atoms with van der Waals surface area (Å²) < 4.78 is 40.0. The fourth-order valence-electron chi connectivity index (χ4n) is 4.16. The van der Waals surface area contributed by atoms with Crippen LogP contribution in [0.25, 0.3) is 10.8 Å². The van der Waals surface area contributed by atoms with Crippen LogP contribution in [0.3, 0.4) is 0 Å². The SMILES string of the molecule is CCNC(=O)CNC(=O)c1ccc(C2=NO[C@@](C)(c3cc(Cl)cc(C(F)(F)F)c3)C2)c2ccccc12. The third-order valence-electron chi connectivity index (χ3n) is 5.96. The molecule has 36 heavy (non-hydrogen) atoms. The van der Waals surface area contributed by atoms with Crippen LogP contribution >= 0.6 is 11.6 Å². The molecule has 0 aromatic heterocycles. The second-order valence-electron chi connectivity index (χ2n) is 8.61. The van der Waals surface area contributed by atoms with E-state index in [1.54, 1.807) is 38.1 Å². The Kier molecular flexibility index (Phi) is 6.95. The zero-order valence-corrected chi connectivity index (χ0v) is 20.3. The van der Waals surface area contributed by atoms with Crippen molar-refractivity contribution in [2.45, 2.75) is 32.0 Å². The molecule has 2 N–H and O–H groups in total. The van der Waals surface area contributed by atoms with Gasteiger partial charge < -0.3 is 15.5 Å². The second-order valence-corrected chi connectivity index (χ2v) is 9.04. The van der Waals surface area contributed by atoms with E-state index in [1.165, 1.54) is 6.07 Å². The number of rotatable bonds is 6. The van der Waals surface area contributed by atoms with Crippen molar-refractivity contribution in [2.75, 3.05) is 13.1 Å². The van der Waals surface area contributed by atoms with Gasteiger partial charge in [-0.05, 0) is 48.9 Å². The third-order valence-corrected chi connectivity index (χ3v) is 6.18. The number of carbonyl (C=O) groups is 2. The third kappa shape index (κ3) is 5.16. The molecule has 0 bridgehead atoms. The maximum atomic E-state index is 13.3. The number of fused-ring (bicyclic) bond motifs is 1. The van der Waals surface area contributed by atoms with Crippen LogP contribution in [0.5, 0.6) is 0 Å². The van der Waals surface area contributed by atoms with E-state index < -0.39 is 23.2 Å². The molecule has 0 fully saturated rings. The second kappa shape index (κ2) is 9.81. The highest BCUT2D eigenvalue weighted by atomic mass is 35.5. The molecule has 1 atom stereocenters. The van der Waals surface area contributed by atoms with E-state index in [-0.39, 0.29) is 29.5 Å². The number of benzene rings is 3. The van der Waals surface area contributed by atoms with Crippen molar-refractivity contribution in [3.8, 4) is 0 Å². The van der Waals surface area contributed by atoms with Crippen LogP contribution in [0.4, 0.5) is 13.2 Å². The number of carbonyl (C=O) groups excluding carboxylic acids is 2. The Balaban J connectivity index is 1.64. The quantitative estimate of drug-likeness (QED) is 0.458. The predicted octanol–water partition coefficient (Wildman–Crippen LogP) is 5.42. The first-order valence-corrected chi connectivity index (χ1v) is 11.6. The number of hydrogen-bond acceptors (Lipinski definition) is 4. The summed E-state index contributed by atoms with van der Waals surface area (Å²) in [7, 11) is 0. The van der Waals surface area contributed by atoms with Crippen LogP contribution in [0, 0.1) is 0 Å². The number of nitrogens with zero attached hydrogens (tertiary/aromatic N) is 1. The number of halogens is 4. The molecule has 0 saturated heterocycles. The monoisotopic (exact) mass is 517 g/mol. The van der Waals surface area contributed by atoms with E-state index in [9.17, 15) is 22.8 Å². The number of oxime groups is 1. The summed E-state index contributed by atoms with van der Waals surface area (Å²) >= 11 is 5.98. The Morgan fingerprint density at radius 1 is 1.08 bits per heavy atom. The highest BCUT2D eigenvalue weighted by molar-refractivity contribution is 6.30. The summed E-state index contributed by atoms with van der Waals surface area (Å²) in [6.07, 6.45) is -4.36. The largest absolute Gasteiger partial charge is 0.416 e. The molecule has 3 aromatic rings. The van der Waals surface area contributed by atoms with Crippen LogP contribution in [0.15, 0.2) is 59.8 Å². The van der Waals surface area contributed by atoms with E-state index in [1.807, 2.05) is 12.1 Å². The average Bonchev–Trinajstić information content (AvgIpc) is 3.24. The van der Waals surface area contributed by atoms with Gasteiger partial charge in [-0.15, -0.1) is 0 Å². The summed E-state index contributed by atoms with van der Waals surface area (Å²) in [5.41, 5.74) is -0.178. The predicted molar refractivity (Wildman–Crippen MR) is 131 cm³/mol. The maximum absolute atomic E-state index is 13.3. The van der Waals surface area contributed by atoms with Gasteiger partial charge in [0.05, 0.1) is 17.8 Å². The summed E-state index contributed by atoms with van der Waals surface area (Å²) in [6.45, 7) is 3.75. The van der Waals surface area contributed by atoms with Gasteiger partial charge in [0.2, 0.25) is 5.91 Å². The Hall–Kier alpha value is -3.59. The van der Waals surface area contributed by atoms with Gasteiger partial charge in [-0.1, -0.05) is 47.1 Å². The lowest BCUT2D eigenvalue weighted by Crippen LogP contribution is -2.36. The molecule has 0 saturated carbocycles. The van der Waals surface area contributed by atoms with Crippen LogP contribution in [0.1, 0.15) is 47.3 Å². The molecule has 1 aliphatic rings. The molecule has 10 heteroatoms. The van der Waals surface area contributed by atoms with Crippen LogP contribution in [-0.4, -0.2) is 30.6 Å². The summed E-state index contributed by atoms with van der Waals surface area (Å²) in [5.74, 6) is -0.699. The van der Waals surface area contributed by atoms with E-state index >= 15 is 0 Å². The van der Waals surface area contributed by atoms with Gasteiger partial charge >= 0.3 is 6.18 Å². The van der Waals surface area contributed by atoms with Gasteiger partial charge in [0.15, 0.2) is 5.60 Å². The minimum Gasteiger partial charge on any atom is -0.384 e. The van der Waals surface area contributed by atoms with E-state index in [2.05, 4.69) is 15.8 Å². The minimum atomic E-state index is -4.55. The number of amides is 2. The molecule has 6 nitrogen and oxygen atoms in total. The molecule has 4 rings (SSSR count). The molecule has 3 aromatic carbocycles. The van der Waals surface area contributed by atoms with E-state index in [0.717, 1.165) is 17.5 Å². The molecule has 0 aliphatic carbocycles. The van der Waals surface area contributed by atoms with Gasteiger partial charge in [-0.2, -0.15) is 13.2 Å². The van der Waals surface area contributed by atoms with Gasteiger partial charge in [0.25, 0.3) is 5.91 Å². The highest BCUT2D eigenvalue weighted by Crippen LogP contribution is 2.41. The number of hydrogen-bond donors (Lipinski definition) is 2. The van der Waals surface area contributed by atoms with Crippen LogP contribution in [-0.2, 0) is 21.4 Å². The van der Waals surface area contributed by atoms with Gasteiger partial charge in [0, 0.05) is 34.7 Å². The molecule has 0 spiro atoms. The summed E-state index contributed by atoms with van der Waals surface area (Å²) in [4.78, 5) is 30.2. The van der Waals surface area contributed by atoms with Crippen molar-refractivity contribution in [1.29, 1.82) is 0 Å². The minimum absolute atomic E-state index is 0.0495. The summed E-state index contributed by atoms with van der Waals surface area (Å²) in [6, 6.07) is 13.9. The molecule has 1 aliphatic heterocycles. The van der Waals surface area contributed by atoms with Crippen molar-refractivity contribution in [1.82, 2.24) is 10.6 Å². The molecule has 0 unspecified atom stereocenters. The fraction of sp³-hybridized carbons (Fsp3) is 0.269. The lowest BCUT2D eigenvalue weighted by atomic mass is 9.86. The molecular weight excluding hydrogens is 495 g/mol. The molecule has 0 radical (unpaired) electrons. The van der Waals surface area contributed by atoms with Gasteiger partial charge in [-0.25, -0.2) is 0 Å². The van der Waals surface area contributed by atoms with E-state index in [0.29, 0.717) is 28.8 Å². The normalized spacial score (nSPS) is 17.4. The smallest absolute Gasteiger partial charge is 0.384 e. The van der Waals surface area contributed by atoms with Gasteiger partial charge in [0.1, 0.15) is 0 Å². The van der Waals surface area contributed by atoms with Crippen molar-refractivity contribution in [3.63, 3.8) is 0 Å². The number of alkyl halides is 3. The first-order chi connectivity index (χ1) is 17.0. The number of likely N-dealkylation sites (N-methyl/N-ethyl adjacent to an activating group) is 1. The lowest BCUT2D eigenvalue weighted by molar-refractivity contribution is -0.137. The van der Waals surface area contributed by atoms with Crippen LogP contribution in [0.2, 0.25) is 5.02 Å².